The molecule has 10 heteroatoms. The summed E-state index contributed by atoms with van der Waals surface area (Å²) in [6.07, 6.45) is 1.33. The van der Waals surface area contributed by atoms with Crippen LogP contribution in [0.25, 0.3) is 0 Å². The molecule has 2 aromatic carbocycles. The molecule has 0 aliphatic heterocycles. The number of halogens is 1. The van der Waals surface area contributed by atoms with Crippen molar-refractivity contribution >= 4 is 29.6 Å². The number of benzene rings is 2. The van der Waals surface area contributed by atoms with Crippen LogP contribution in [0.1, 0.15) is 5.56 Å². The lowest BCUT2D eigenvalue weighted by Crippen LogP contribution is -2.39. The fourth-order valence-electron chi connectivity index (χ4n) is 2.13. The number of amides is 3. The van der Waals surface area contributed by atoms with E-state index in [4.69, 9.17) is 9.47 Å². The third-order valence-corrected chi connectivity index (χ3v) is 3.53. The zero-order valence-corrected chi connectivity index (χ0v) is 16.2. The van der Waals surface area contributed by atoms with Gasteiger partial charge >= 0.3 is 11.8 Å². The molecule has 0 bridgehead atoms. The maximum Gasteiger partial charge on any atom is 0.329 e. The molecule has 30 heavy (non-hydrogen) atoms. The van der Waals surface area contributed by atoms with Crippen molar-refractivity contribution < 1.29 is 28.2 Å². The Bertz CT molecular complexity index is 902. The van der Waals surface area contributed by atoms with Crippen LogP contribution < -0.4 is 20.8 Å². The molecule has 0 aliphatic carbocycles. The number of hydrazone groups is 1. The first-order chi connectivity index (χ1) is 14.5. The minimum absolute atomic E-state index is 0.209. The highest BCUT2D eigenvalue weighted by molar-refractivity contribution is 6.35. The molecule has 3 N–H and O–H groups in total. The van der Waals surface area contributed by atoms with Crippen molar-refractivity contribution in [2.24, 2.45) is 5.10 Å². The molecule has 0 saturated heterocycles. The predicted octanol–water partition coefficient (Wildman–Crippen LogP) is 1.06. The minimum Gasteiger partial charge on any atom is -0.484 e. The van der Waals surface area contributed by atoms with Gasteiger partial charge in [0, 0.05) is 19.3 Å². The molecule has 3 amide bonds. The zero-order chi connectivity index (χ0) is 21.8. The van der Waals surface area contributed by atoms with E-state index in [1.807, 2.05) is 0 Å². The minimum atomic E-state index is -0.910. The Morgan fingerprint density at radius 2 is 1.87 bits per heavy atom. The van der Waals surface area contributed by atoms with Crippen LogP contribution in [0.2, 0.25) is 0 Å². The van der Waals surface area contributed by atoms with Crippen molar-refractivity contribution in [3.63, 3.8) is 0 Å². The maximum absolute atomic E-state index is 12.9. The Morgan fingerprint density at radius 3 is 2.60 bits per heavy atom. The first kappa shape index (κ1) is 22.5. The standard InChI is InChI=1S/C20H21FN4O5/c1-29-10-9-22-19(27)20(28)25-23-12-14-3-2-4-17(11-14)30-13-18(26)24-16-7-5-15(21)6-8-16/h2-8,11-12H,9-10,13H2,1H3,(H,22,27)(H,24,26)(H,25,28)/b23-12-. The van der Waals surface area contributed by atoms with Gasteiger partial charge in [0.25, 0.3) is 5.91 Å². The van der Waals surface area contributed by atoms with E-state index in [2.05, 4.69) is 21.2 Å². The highest BCUT2D eigenvalue weighted by atomic mass is 19.1. The second-order valence-electron chi connectivity index (χ2n) is 5.86. The van der Waals surface area contributed by atoms with Crippen molar-refractivity contribution in [1.82, 2.24) is 10.7 Å². The van der Waals surface area contributed by atoms with E-state index in [1.165, 1.54) is 37.6 Å². The van der Waals surface area contributed by atoms with Crippen molar-refractivity contribution in [3.05, 3.63) is 59.9 Å². The molecular weight excluding hydrogens is 395 g/mol. The van der Waals surface area contributed by atoms with Gasteiger partial charge in [-0.15, -0.1) is 0 Å². The van der Waals surface area contributed by atoms with Gasteiger partial charge in [-0.05, 0) is 42.0 Å². The van der Waals surface area contributed by atoms with Crippen LogP contribution in [0.5, 0.6) is 5.75 Å². The van der Waals surface area contributed by atoms with Gasteiger partial charge in [-0.25, -0.2) is 9.82 Å². The summed E-state index contributed by atoms with van der Waals surface area (Å²) in [7, 11) is 1.48. The lowest BCUT2D eigenvalue weighted by atomic mass is 10.2. The molecule has 0 atom stereocenters. The molecule has 0 radical (unpaired) electrons. The SMILES string of the molecule is COCCNC(=O)C(=O)N/N=C\c1cccc(OCC(=O)Nc2ccc(F)cc2)c1. The number of carbonyl (C=O) groups excluding carboxylic acids is 3. The van der Waals surface area contributed by atoms with Gasteiger partial charge in [-0.1, -0.05) is 12.1 Å². The molecule has 0 heterocycles. The Kier molecular flexibility index (Phi) is 8.94. The second-order valence-corrected chi connectivity index (χ2v) is 5.86. The lowest BCUT2D eigenvalue weighted by molar-refractivity contribution is -0.139. The monoisotopic (exact) mass is 416 g/mol. The van der Waals surface area contributed by atoms with Crippen LogP contribution in [0.4, 0.5) is 10.1 Å². The lowest BCUT2D eigenvalue weighted by Gasteiger charge is -2.08. The summed E-state index contributed by atoms with van der Waals surface area (Å²) in [5, 5.41) is 8.65. The summed E-state index contributed by atoms with van der Waals surface area (Å²) in [6.45, 7) is 0.244. The molecule has 0 unspecified atom stereocenters. The van der Waals surface area contributed by atoms with E-state index in [-0.39, 0.29) is 19.8 Å². The number of hydrogen-bond donors (Lipinski definition) is 3. The van der Waals surface area contributed by atoms with E-state index in [0.717, 1.165) is 0 Å². The Morgan fingerprint density at radius 1 is 1.10 bits per heavy atom. The number of nitrogens with zero attached hydrogens (tertiary/aromatic N) is 1. The van der Waals surface area contributed by atoms with Crippen molar-refractivity contribution in [3.8, 4) is 5.75 Å². The Labute approximate surface area is 172 Å². The van der Waals surface area contributed by atoms with E-state index < -0.39 is 23.5 Å². The number of anilines is 1. The number of ether oxygens (including phenoxy) is 2. The molecular formula is C20H21FN4O5. The van der Waals surface area contributed by atoms with Gasteiger partial charge in [-0.2, -0.15) is 5.10 Å². The number of methoxy groups -OCH3 is 1. The first-order valence-electron chi connectivity index (χ1n) is 8.86. The number of hydrogen-bond acceptors (Lipinski definition) is 6. The van der Waals surface area contributed by atoms with Gasteiger partial charge in [0.1, 0.15) is 11.6 Å². The molecule has 2 rings (SSSR count). The molecule has 158 valence electrons. The Hall–Kier alpha value is -3.79. The fourth-order valence-corrected chi connectivity index (χ4v) is 2.13. The number of rotatable bonds is 9. The molecule has 9 nitrogen and oxygen atoms in total. The van der Waals surface area contributed by atoms with Gasteiger partial charge in [0.2, 0.25) is 0 Å². The topological polar surface area (TPSA) is 118 Å². The largest absolute Gasteiger partial charge is 0.484 e. The second kappa shape index (κ2) is 11.9. The van der Waals surface area contributed by atoms with Crippen LogP contribution in [0, 0.1) is 5.82 Å². The molecule has 0 aliphatic rings. The van der Waals surface area contributed by atoms with Gasteiger partial charge in [0.15, 0.2) is 6.61 Å². The molecule has 0 fully saturated rings. The Balaban J connectivity index is 1.80. The van der Waals surface area contributed by atoms with Gasteiger partial charge < -0.3 is 20.1 Å². The van der Waals surface area contributed by atoms with E-state index >= 15 is 0 Å². The number of nitrogens with one attached hydrogen (secondary N) is 3. The molecule has 0 spiro atoms. The maximum atomic E-state index is 12.9. The van der Waals surface area contributed by atoms with Crippen LogP contribution in [-0.4, -0.2) is 50.8 Å². The van der Waals surface area contributed by atoms with Crippen molar-refractivity contribution in [2.45, 2.75) is 0 Å². The highest BCUT2D eigenvalue weighted by Crippen LogP contribution is 2.13. The average Bonchev–Trinajstić information content (AvgIpc) is 2.74. The highest BCUT2D eigenvalue weighted by Gasteiger charge is 2.11. The summed E-state index contributed by atoms with van der Waals surface area (Å²) in [6, 6.07) is 12.0. The van der Waals surface area contributed by atoms with Crippen molar-refractivity contribution in [2.75, 3.05) is 32.2 Å². The van der Waals surface area contributed by atoms with E-state index in [9.17, 15) is 18.8 Å². The summed E-state index contributed by atoms with van der Waals surface area (Å²) in [5.74, 6) is -2.14. The average molecular weight is 416 g/mol. The molecule has 0 aromatic heterocycles. The van der Waals surface area contributed by atoms with E-state index in [0.29, 0.717) is 17.0 Å². The molecule has 0 saturated carbocycles. The van der Waals surface area contributed by atoms with Crippen molar-refractivity contribution in [1.29, 1.82) is 0 Å². The van der Waals surface area contributed by atoms with Gasteiger partial charge in [0.05, 0.1) is 12.8 Å². The predicted molar refractivity (Wildman–Crippen MR) is 108 cm³/mol. The normalized spacial score (nSPS) is 10.5. The summed E-state index contributed by atoms with van der Waals surface area (Å²) >= 11 is 0. The smallest absolute Gasteiger partial charge is 0.329 e. The molecule has 2 aromatic rings. The summed E-state index contributed by atoms with van der Waals surface area (Å²) in [4.78, 5) is 35.0. The quantitative estimate of drug-likeness (QED) is 0.244. The van der Waals surface area contributed by atoms with Crippen LogP contribution >= 0.6 is 0 Å². The number of carbonyl (C=O) groups is 3. The fraction of sp³-hybridized carbons (Fsp3) is 0.200. The van der Waals surface area contributed by atoms with E-state index in [1.54, 1.807) is 24.3 Å². The van der Waals surface area contributed by atoms with Gasteiger partial charge in [-0.3, -0.25) is 14.4 Å². The van der Waals surface area contributed by atoms with Crippen LogP contribution in [-0.2, 0) is 19.1 Å². The summed E-state index contributed by atoms with van der Waals surface area (Å²) in [5.41, 5.74) is 3.13. The zero-order valence-electron chi connectivity index (χ0n) is 16.2. The third-order valence-electron chi connectivity index (χ3n) is 3.53. The van der Waals surface area contributed by atoms with Crippen LogP contribution in [0.3, 0.4) is 0 Å². The summed E-state index contributed by atoms with van der Waals surface area (Å²) < 4.78 is 23.0. The third kappa shape index (κ3) is 8.07. The first-order valence-corrected chi connectivity index (χ1v) is 8.86. The van der Waals surface area contributed by atoms with Crippen LogP contribution in [0.15, 0.2) is 53.6 Å².